The maximum absolute atomic E-state index is 13.5. The molecular weight excluding hydrogens is 572 g/mol. The predicted octanol–water partition coefficient (Wildman–Crippen LogP) is 4.60. The summed E-state index contributed by atoms with van der Waals surface area (Å²) in [7, 11) is 0. The van der Waals surface area contributed by atoms with E-state index in [2.05, 4.69) is 4.90 Å². The quantitative estimate of drug-likeness (QED) is 0.214. The average Bonchev–Trinajstić information content (AvgIpc) is 3.29. The summed E-state index contributed by atoms with van der Waals surface area (Å²) in [5, 5.41) is 11.5. The fourth-order valence-corrected chi connectivity index (χ4v) is 5.61. The van der Waals surface area contributed by atoms with Crippen LogP contribution in [0.1, 0.15) is 29.2 Å². The number of carbonyl (C=O) groups is 2. The maximum atomic E-state index is 13.5. The Bertz CT molecular complexity index is 1470. The molecule has 3 aliphatic rings. The van der Waals surface area contributed by atoms with E-state index in [1.54, 1.807) is 23.1 Å². The molecule has 43 heavy (non-hydrogen) atoms. The molecule has 3 aromatic rings. The van der Waals surface area contributed by atoms with Gasteiger partial charge in [0.05, 0.1) is 24.8 Å². The zero-order valence-corrected chi connectivity index (χ0v) is 24.6. The number of rotatable bonds is 9. The fraction of sp³-hybridized carbons (Fsp3) is 0.333. The summed E-state index contributed by atoms with van der Waals surface area (Å²) in [6, 6.07) is 21.5. The molecule has 2 fully saturated rings. The monoisotopic (exact) mass is 606 g/mol. The van der Waals surface area contributed by atoms with Crippen molar-refractivity contribution in [2.45, 2.75) is 19.1 Å². The van der Waals surface area contributed by atoms with E-state index < -0.39 is 17.7 Å². The molecule has 1 amide bonds. The minimum Gasteiger partial charge on any atom is -0.507 e. The second-order valence-electron chi connectivity index (χ2n) is 10.5. The van der Waals surface area contributed by atoms with Crippen molar-refractivity contribution < 1.29 is 33.6 Å². The number of fused-ring (bicyclic) bond motifs is 1. The molecule has 10 heteroatoms. The smallest absolute Gasteiger partial charge is 0.295 e. The lowest BCUT2D eigenvalue weighted by atomic mass is 9.95. The minimum atomic E-state index is -0.775. The number of Topliss-reactive ketones (excluding diaryl/α,β-unsaturated/α-hetero) is 1. The van der Waals surface area contributed by atoms with Crippen LogP contribution in [0.15, 0.2) is 78.4 Å². The van der Waals surface area contributed by atoms with E-state index in [9.17, 15) is 14.7 Å². The summed E-state index contributed by atoms with van der Waals surface area (Å²) in [6.07, 6.45) is 0.678. The van der Waals surface area contributed by atoms with Gasteiger partial charge in [0, 0.05) is 31.7 Å². The van der Waals surface area contributed by atoms with Gasteiger partial charge >= 0.3 is 0 Å². The highest BCUT2D eigenvalue weighted by molar-refractivity contribution is 6.46. The molecule has 0 radical (unpaired) electrons. The summed E-state index contributed by atoms with van der Waals surface area (Å²) >= 11 is 0. The number of hydrogen-bond donors (Lipinski definition) is 1. The number of aliphatic hydroxyl groups excluding tert-OH is 1. The van der Waals surface area contributed by atoms with Crippen molar-refractivity contribution in [3.05, 3.63) is 95.1 Å². The van der Waals surface area contributed by atoms with Gasteiger partial charge in [0.2, 0.25) is 0 Å². The van der Waals surface area contributed by atoms with Crippen molar-refractivity contribution in [3.63, 3.8) is 0 Å². The lowest BCUT2D eigenvalue weighted by Crippen LogP contribution is -2.38. The van der Waals surface area contributed by atoms with E-state index in [0.717, 1.165) is 25.2 Å². The Morgan fingerprint density at radius 3 is 2.42 bits per heavy atom. The molecule has 1 atom stereocenters. The number of aliphatic hydroxyl groups is 1. The Balaban J connectivity index is 0.00000368. The molecule has 0 aromatic heterocycles. The van der Waals surface area contributed by atoms with Crippen molar-refractivity contribution in [1.82, 2.24) is 9.80 Å². The van der Waals surface area contributed by atoms with Crippen LogP contribution >= 0.6 is 12.4 Å². The molecule has 3 aromatic carbocycles. The Morgan fingerprint density at radius 1 is 0.860 bits per heavy atom. The van der Waals surface area contributed by atoms with E-state index in [1.165, 1.54) is 0 Å². The van der Waals surface area contributed by atoms with Crippen LogP contribution in [0, 0.1) is 0 Å². The van der Waals surface area contributed by atoms with Gasteiger partial charge in [-0.1, -0.05) is 42.5 Å². The van der Waals surface area contributed by atoms with Crippen LogP contribution in [-0.2, 0) is 20.9 Å². The van der Waals surface area contributed by atoms with Crippen molar-refractivity contribution in [2.75, 3.05) is 52.6 Å². The number of halogens is 1. The first-order chi connectivity index (χ1) is 20.6. The minimum absolute atomic E-state index is 0. The van der Waals surface area contributed by atoms with Gasteiger partial charge in [0.1, 0.15) is 31.3 Å². The highest BCUT2D eigenvalue weighted by Crippen LogP contribution is 2.42. The zero-order valence-electron chi connectivity index (χ0n) is 23.8. The van der Waals surface area contributed by atoms with Crippen LogP contribution in [0.3, 0.4) is 0 Å². The fourth-order valence-electron chi connectivity index (χ4n) is 5.61. The molecule has 0 bridgehead atoms. The van der Waals surface area contributed by atoms with E-state index in [-0.39, 0.29) is 23.7 Å². The van der Waals surface area contributed by atoms with Gasteiger partial charge in [0.15, 0.2) is 11.5 Å². The molecule has 0 spiro atoms. The molecule has 3 aliphatic heterocycles. The van der Waals surface area contributed by atoms with Crippen LogP contribution < -0.4 is 14.2 Å². The number of carbonyl (C=O) groups excluding carboxylic acids is 2. The van der Waals surface area contributed by atoms with E-state index in [1.807, 2.05) is 54.6 Å². The van der Waals surface area contributed by atoms with Crippen molar-refractivity contribution in [3.8, 4) is 17.2 Å². The van der Waals surface area contributed by atoms with Crippen molar-refractivity contribution in [1.29, 1.82) is 0 Å². The molecule has 2 saturated heterocycles. The van der Waals surface area contributed by atoms with Crippen LogP contribution in [0.4, 0.5) is 0 Å². The Labute approximate surface area is 257 Å². The Morgan fingerprint density at radius 2 is 1.63 bits per heavy atom. The maximum Gasteiger partial charge on any atom is 0.295 e. The van der Waals surface area contributed by atoms with Crippen LogP contribution in [0.2, 0.25) is 0 Å². The summed E-state index contributed by atoms with van der Waals surface area (Å²) in [6.45, 7) is 5.41. The number of benzene rings is 3. The topological polar surface area (TPSA) is 97.8 Å². The Hall–Kier alpha value is -4.05. The standard InChI is InChI=1S/C33H34N2O7.ClH/c36-31(25-10-11-27-28(21-25)41-19-18-40-27)29-30(24-8-4-9-26(20-24)42-22-23-6-2-1-3-7-23)35(33(38)32(29)37)13-5-12-34-14-16-39-17-15-34;/h1-4,6-11,20-21,30,36H,5,12-19,22H2;1H/b31-29+;. The molecular formula is C33H35ClN2O7. The van der Waals surface area contributed by atoms with Gasteiger partial charge in [-0.25, -0.2) is 0 Å². The van der Waals surface area contributed by atoms with Crippen LogP contribution in [0.5, 0.6) is 17.2 Å². The van der Waals surface area contributed by atoms with Crippen LogP contribution in [-0.4, -0.2) is 79.2 Å². The number of ether oxygens (including phenoxy) is 4. The highest BCUT2D eigenvalue weighted by Gasteiger charge is 2.46. The predicted molar refractivity (Wildman–Crippen MR) is 163 cm³/mol. The van der Waals surface area contributed by atoms with Gasteiger partial charge < -0.3 is 29.0 Å². The normalized spacial score (nSPS) is 19.6. The third-order valence-electron chi connectivity index (χ3n) is 7.75. The highest BCUT2D eigenvalue weighted by atomic mass is 35.5. The van der Waals surface area contributed by atoms with Gasteiger partial charge in [0.25, 0.3) is 11.7 Å². The molecule has 226 valence electrons. The molecule has 0 aliphatic carbocycles. The number of likely N-dealkylation sites (tertiary alicyclic amines) is 1. The van der Waals surface area contributed by atoms with Gasteiger partial charge in [-0.3, -0.25) is 14.5 Å². The van der Waals surface area contributed by atoms with E-state index >= 15 is 0 Å². The summed E-state index contributed by atoms with van der Waals surface area (Å²) in [5.74, 6) is 0.0707. The first kappa shape index (κ1) is 30.4. The summed E-state index contributed by atoms with van der Waals surface area (Å²) in [4.78, 5) is 30.9. The first-order valence-electron chi connectivity index (χ1n) is 14.3. The van der Waals surface area contributed by atoms with Gasteiger partial charge in [-0.05, 0) is 47.9 Å². The molecule has 1 unspecified atom stereocenters. The molecule has 1 N–H and O–H groups in total. The first-order valence-corrected chi connectivity index (χ1v) is 14.3. The average molecular weight is 607 g/mol. The summed E-state index contributed by atoms with van der Waals surface area (Å²) < 4.78 is 22.8. The van der Waals surface area contributed by atoms with Gasteiger partial charge in [-0.15, -0.1) is 12.4 Å². The van der Waals surface area contributed by atoms with E-state index in [0.29, 0.717) is 74.4 Å². The molecule has 0 saturated carbocycles. The number of morpholine rings is 1. The number of ketones is 1. The van der Waals surface area contributed by atoms with Gasteiger partial charge in [-0.2, -0.15) is 0 Å². The lowest BCUT2D eigenvalue weighted by molar-refractivity contribution is -0.140. The second-order valence-corrected chi connectivity index (χ2v) is 10.5. The second kappa shape index (κ2) is 13.9. The summed E-state index contributed by atoms with van der Waals surface area (Å²) in [5.41, 5.74) is 2.14. The van der Waals surface area contributed by atoms with Crippen molar-refractivity contribution in [2.24, 2.45) is 0 Å². The third kappa shape index (κ3) is 6.80. The molecule has 9 nitrogen and oxygen atoms in total. The SMILES string of the molecule is Cl.O=C1C(=O)N(CCCN2CCOCC2)C(c2cccc(OCc3ccccc3)c2)/C1=C(\O)c1ccc2c(c1)OCCO2. The molecule has 3 heterocycles. The Kier molecular flexibility index (Phi) is 9.86. The number of nitrogens with zero attached hydrogens (tertiary/aromatic N) is 2. The largest absolute Gasteiger partial charge is 0.507 e. The van der Waals surface area contributed by atoms with Crippen molar-refractivity contribution >= 4 is 29.9 Å². The lowest BCUT2D eigenvalue weighted by Gasteiger charge is -2.29. The molecule has 6 rings (SSSR count). The number of hydrogen-bond acceptors (Lipinski definition) is 8. The zero-order chi connectivity index (χ0) is 28.9. The van der Waals surface area contributed by atoms with Crippen LogP contribution in [0.25, 0.3) is 5.76 Å². The number of amides is 1. The van der Waals surface area contributed by atoms with E-state index in [4.69, 9.17) is 18.9 Å². The third-order valence-corrected chi connectivity index (χ3v) is 7.75.